The molecule has 0 spiro atoms. The molecule has 2 aliphatic carbocycles. The molecule has 0 bridgehead atoms. The summed E-state index contributed by atoms with van der Waals surface area (Å²) >= 11 is 0. The second-order valence-corrected chi connectivity index (χ2v) is 10.5. The Bertz CT molecular complexity index is 1130. The van der Waals surface area contributed by atoms with Crippen molar-refractivity contribution in [1.82, 2.24) is 9.88 Å². The van der Waals surface area contributed by atoms with E-state index in [-0.39, 0.29) is 41.5 Å². The van der Waals surface area contributed by atoms with Gasteiger partial charge in [0.05, 0.1) is 11.7 Å². The number of aryl methyl sites for hydroxylation is 3. The molecule has 1 aliphatic heterocycles. The van der Waals surface area contributed by atoms with Gasteiger partial charge in [-0.25, -0.2) is 13.8 Å². The molecule has 9 nitrogen and oxygen atoms in total. The van der Waals surface area contributed by atoms with Gasteiger partial charge in [0.1, 0.15) is 0 Å². The third-order valence-electron chi connectivity index (χ3n) is 6.84. The summed E-state index contributed by atoms with van der Waals surface area (Å²) in [5.41, 5.74) is 6.28. The molecular weight excluding hydrogens is 467 g/mol. The third-order valence-corrected chi connectivity index (χ3v) is 8.28. The van der Waals surface area contributed by atoms with E-state index >= 15 is 0 Å². The van der Waals surface area contributed by atoms with E-state index < -0.39 is 16.2 Å². The molecule has 0 atom stereocenters. The zero-order chi connectivity index (χ0) is 23.0. The summed E-state index contributed by atoms with van der Waals surface area (Å²) in [5, 5.41) is 6.85. The van der Waals surface area contributed by atoms with E-state index in [4.69, 9.17) is 9.26 Å². The second kappa shape index (κ2) is 10.6. The van der Waals surface area contributed by atoms with Gasteiger partial charge in [-0.2, -0.15) is 8.42 Å². The molecule has 1 fully saturated rings. The van der Waals surface area contributed by atoms with Gasteiger partial charge >= 0.3 is 45.8 Å². The van der Waals surface area contributed by atoms with Crippen molar-refractivity contribution in [2.24, 2.45) is 0 Å². The van der Waals surface area contributed by atoms with Crippen LogP contribution in [0.15, 0.2) is 16.7 Å². The summed E-state index contributed by atoms with van der Waals surface area (Å²) in [7, 11) is -4.24. The zero-order valence-electron chi connectivity index (χ0n) is 18.9. The first-order valence-corrected chi connectivity index (χ1v) is 13.2. The molecule has 0 unspecified atom stereocenters. The maximum absolute atomic E-state index is 13.4. The van der Waals surface area contributed by atoms with Crippen LogP contribution < -0.4 is 14.3 Å². The quantitative estimate of drug-likeness (QED) is 0.592. The molecule has 5 rings (SSSR count). The van der Waals surface area contributed by atoms with Crippen LogP contribution in [0.4, 0.5) is 16.4 Å². The van der Waals surface area contributed by atoms with Crippen LogP contribution in [0.1, 0.15) is 60.6 Å². The number of carbonyl (C=O) groups is 1. The SMILES string of the molecule is CCc1cc(N(C2CCOCC2)S(=O)(=O)NC(=O)Nc2c3c(cc4c2CCC4)CCC3)on1.[NaH]. The topological polar surface area (TPSA) is 114 Å². The Kier molecular flexibility index (Phi) is 7.93. The Balaban J connectivity index is 0.00000274. The molecule has 2 N–H and O–H groups in total. The number of fused-ring (bicyclic) bond motifs is 2. The van der Waals surface area contributed by atoms with Crippen LogP contribution in [-0.2, 0) is 47.1 Å². The number of ether oxygens (including phenoxy) is 1. The number of amides is 2. The molecule has 0 saturated carbocycles. The van der Waals surface area contributed by atoms with Crippen LogP contribution in [-0.4, -0.2) is 68.4 Å². The Morgan fingerprint density at radius 1 is 1.09 bits per heavy atom. The molecule has 2 aromatic rings. The van der Waals surface area contributed by atoms with Crippen LogP contribution >= 0.6 is 0 Å². The number of benzene rings is 1. The number of aromatic nitrogens is 1. The van der Waals surface area contributed by atoms with Crippen LogP contribution in [0.5, 0.6) is 0 Å². The number of nitrogens with zero attached hydrogens (tertiary/aromatic N) is 2. The summed E-state index contributed by atoms with van der Waals surface area (Å²) in [4.78, 5) is 13.0. The van der Waals surface area contributed by atoms with Crippen LogP contribution in [0.3, 0.4) is 0 Å². The van der Waals surface area contributed by atoms with E-state index in [1.165, 1.54) is 11.1 Å². The molecule has 34 heavy (non-hydrogen) atoms. The van der Waals surface area contributed by atoms with Crippen LogP contribution in [0.25, 0.3) is 0 Å². The first kappa shape index (κ1) is 25.5. The number of nitrogens with one attached hydrogen (secondary N) is 2. The molecule has 1 saturated heterocycles. The summed E-state index contributed by atoms with van der Waals surface area (Å²) in [6, 6.07) is 2.75. The van der Waals surface area contributed by atoms with Gasteiger partial charge in [-0.1, -0.05) is 18.1 Å². The van der Waals surface area contributed by atoms with Gasteiger partial charge in [0, 0.05) is 25.0 Å². The molecule has 2 heterocycles. The fourth-order valence-electron chi connectivity index (χ4n) is 5.26. The van der Waals surface area contributed by atoms with Crippen molar-refractivity contribution in [1.29, 1.82) is 0 Å². The van der Waals surface area contributed by atoms with Crippen molar-refractivity contribution < 1.29 is 22.5 Å². The van der Waals surface area contributed by atoms with Crippen molar-refractivity contribution in [2.45, 2.75) is 70.8 Å². The Morgan fingerprint density at radius 3 is 2.32 bits per heavy atom. The maximum atomic E-state index is 13.4. The van der Waals surface area contributed by atoms with Crippen molar-refractivity contribution in [3.05, 3.63) is 40.1 Å². The van der Waals surface area contributed by atoms with Crippen LogP contribution in [0.2, 0.25) is 0 Å². The van der Waals surface area contributed by atoms with E-state index in [9.17, 15) is 13.2 Å². The van der Waals surface area contributed by atoms with Gasteiger partial charge in [0.25, 0.3) is 0 Å². The average Bonchev–Trinajstić information content (AvgIpc) is 3.54. The van der Waals surface area contributed by atoms with E-state index in [1.54, 1.807) is 6.07 Å². The van der Waals surface area contributed by atoms with Gasteiger partial charge in [-0.3, -0.25) is 0 Å². The minimum atomic E-state index is -4.24. The van der Waals surface area contributed by atoms with E-state index in [1.807, 2.05) is 6.92 Å². The van der Waals surface area contributed by atoms with Crippen molar-refractivity contribution in [3.63, 3.8) is 0 Å². The fraction of sp³-hybridized carbons (Fsp3) is 0.565. The standard InChI is InChI=1S/C23H30N4O5S.Na.H/c1-2-17-14-21(32-25-17)27(18-9-11-31-12-10-18)33(29,30)26-23(28)24-22-19-7-3-5-15(19)13-16-6-4-8-20(16)22;;/h13-14,18H,2-12H2,1H3,(H2,24,26,28);;. The first-order valence-electron chi connectivity index (χ1n) is 11.8. The van der Waals surface area contributed by atoms with Crippen molar-refractivity contribution >= 4 is 57.4 Å². The average molecular weight is 499 g/mol. The number of hydrogen-bond acceptors (Lipinski definition) is 6. The van der Waals surface area contributed by atoms with Crippen molar-refractivity contribution in [3.8, 4) is 0 Å². The number of rotatable bonds is 6. The third kappa shape index (κ3) is 5.02. The normalized spacial score (nSPS) is 17.6. The van der Waals surface area contributed by atoms with Gasteiger partial charge in [-0.05, 0) is 80.0 Å². The molecule has 1 aromatic heterocycles. The van der Waals surface area contributed by atoms with Gasteiger partial charge in [0.15, 0.2) is 0 Å². The molecule has 2 amide bonds. The first-order chi connectivity index (χ1) is 16.0. The molecule has 3 aliphatic rings. The Hall–Kier alpha value is -1.59. The Morgan fingerprint density at radius 2 is 1.74 bits per heavy atom. The zero-order valence-corrected chi connectivity index (χ0v) is 19.7. The van der Waals surface area contributed by atoms with Crippen molar-refractivity contribution in [2.75, 3.05) is 22.8 Å². The summed E-state index contributed by atoms with van der Waals surface area (Å²) in [5.74, 6) is 0.112. The van der Waals surface area contributed by atoms with Gasteiger partial charge in [-0.15, -0.1) is 0 Å². The molecule has 180 valence electrons. The summed E-state index contributed by atoms with van der Waals surface area (Å²) < 4.78 is 41.0. The molecular formula is C23H31N4NaO5S. The van der Waals surface area contributed by atoms with E-state index in [2.05, 4.69) is 21.3 Å². The minimum absolute atomic E-state index is 0. The fourth-order valence-corrected chi connectivity index (χ4v) is 6.57. The molecule has 0 radical (unpaired) electrons. The summed E-state index contributed by atoms with van der Waals surface area (Å²) in [6.45, 7) is 2.80. The number of urea groups is 1. The van der Waals surface area contributed by atoms with Gasteiger partial charge in [0.2, 0.25) is 5.88 Å². The molecule has 11 heteroatoms. The Labute approximate surface area is 222 Å². The van der Waals surface area contributed by atoms with E-state index in [0.717, 1.165) is 59.6 Å². The summed E-state index contributed by atoms with van der Waals surface area (Å²) in [6.07, 6.45) is 7.53. The predicted molar refractivity (Wildman–Crippen MR) is 131 cm³/mol. The van der Waals surface area contributed by atoms with Gasteiger partial charge < -0.3 is 14.6 Å². The number of anilines is 2. The number of hydrogen-bond donors (Lipinski definition) is 2. The van der Waals surface area contributed by atoms with Crippen LogP contribution in [0, 0.1) is 0 Å². The van der Waals surface area contributed by atoms with E-state index in [0.29, 0.717) is 38.2 Å². The predicted octanol–water partition coefficient (Wildman–Crippen LogP) is 2.62. The second-order valence-electron chi connectivity index (χ2n) is 8.94. The number of carbonyl (C=O) groups excluding carboxylic acids is 1. The molecule has 1 aromatic carbocycles. The monoisotopic (exact) mass is 498 g/mol.